The number of thiocarbonyl (C=S) groups is 1. The molecule has 1 aliphatic rings. The number of allylic oxidation sites excluding steroid dienone is 1. The first-order valence-electron chi connectivity index (χ1n) is 2.29. The molecule has 1 aliphatic carbocycles. The van der Waals surface area contributed by atoms with Gasteiger partial charge in [0.2, 0.25) is 0 Å². The standard InChI is InChI=1S/C5H6S3/c6-4-2-1-3-5(4,7)8/h1,3,7-8H,2H2. The Kier molecular flexibility index (Phi) is 1.70. The van der Waals surface area contributed by atoms with Crippen LogP contribution in [0.1, 0.15) is 6.42 Å². The molecule has 0 atom stereocenters. The third-order valence-electron chi connectivity index (χ3n) is 1.06. The van der Waals surface area contributed by atoms with Gasteiger partial charge < -0.3 is 0 Å². The zero-order valence-electron chi connectivity index (χ0n) is 4.16. The van der Waals surface area contributed by atoms with Crippen molar-refractivity contribution < 1.29 is 0 Å². The molecule has 0 nitrogen and oxygen atoms in total. The number of rotatable bonds is 0. The monoisotopic (exact) mass is 162 g/mol. The van der Waals surface area contributed by atoms with E-state index in [4.69, 9.17) is 12.2 Å². The van der Waals surface area contributed by atoms with Gasteiger partial charge in [0, 0.05) is 4.86 Å². The van der Waals surface area contributed by atoms with Gasteiger partial charge in [-0.15, -0.1) is 0 Å². The molecular formula is C5H6S3. The summed E-state index contributed by atoms with van der Waals surface area (Å²) in [6.07, 6.45) is 4.74. The Balaban J connectivity index is 2.82. The van der Waals surface area contributed by atoms with Crippen molar-refractivity contribution in [3.05, 3.63) is 12.2 Å². The first-order valence-corrected chi connectivity index (χ1v) is 3.59. The van der Waals surface area contributed by atoms with E-state index in [9.17, 15) is 0 Å². The molecule has 8 heavy (non-hydrogen) atoms. The summed E-state index contributed by atoms with van der Waals surface area (Å²) in [6, 6.07) is 0. The number of hydrogen-bond acceptors (Lipinski definition) is 3. The van der Waals surface area contributed by atoms with E-state index in [1.54, 1.807) is 0 Å². The van der Waals surface area contributed by atoms with E-state index in [2.05, 4.69) is 25.3 Å². The minimum Gasteiger partial charge on any atom is -0.152 e. The van der Waals surface area contributed by atoms with Gasteiger partial charge in [-0.3, -0.25) is 0 Å². The predicted molar refractivity (Wildman–Crippen MR) is 47.1 cm³/mol. The molecule has 44 valence electrons. The molecule has 0 N–H and O–H groups in total. The van der Waals surface area contributed by atoms with Gasteiger partial charge in [0.15, 0.2) is 0 Å². The van der Waals surface area contributed by atoms with E-state index in [-0.39, 0.29) is 0 Å². The lowest BCUT2D eigenvalue weighted by Crippen LogP contribution is -2.15. The molecule has 0 saturated heterocycles. The largest absolute Gasteiger partial charge is 0.152 e. The molecule has 0 fully saturated rings. The third kappa shape index (κ3) is 1.09. The fourth-order valence-electron chi connectivity index (χ4n) is 0.573. The molecule has 0 aromatic carbocycles. The van der Waals surface area contributed by atoms with Gasteiger partial charge in [-0.1, -0.05) is 24.4 Å². The lowest BCUT2D eigenvalue weighted by molar-refractivity contribution is 1.49. The van der Waals surface area contributed by atoms with Gasteiger partial charge >= 0.3 is 0 Å². The van der Waals surface area contributed by atoms with Gasteiger partial charge in [0.05, 0.1) is 0 Å². The second-order valence-corrected chi connectivity index (χ2v) is 4.01. The first-order chi connectivity index (χ1) is 3.63. The van der Waals surface area contributed by atoms with Crippen molar-refractivity contribution in [1.82, 2.24) is 0 Å². The molecule has 0 amide bonds. The first kappa shape index (κ1) is 6.65. The van der Waals surface area contributed by atoms with Crippen molar-refractivity contribution in [3.8, 4) is 0 Å². The van der Waals surface area contributed by atoms with E-state index < -0.39 is 4.08 Å². The second kappa shape index (κ2) is 2.05. The molecule has 0 spiro atoms. The van der Waals surface area contributed by atoms with Crippen molar-refractivity contribution in [2.24, 2.45) is 0 Å². The average molecular weight is 162 g/mol. The minimum absolute atomic E-state index is 0.407. The Hall–Kier alpha value is 0.530. The fourth-order valence-corrected chi connectivity index (χ4v) is 1.13. The smallest absolute Gasteiger partial charge is 0.105 e. The van der Waals surface area contributed by atoms with Crippen LogP contribution < -0.4 is 0 Å². The molecule has 0 aliphatic heterocycles. The quantitative estimate of drug-likeness (QED) is 0.237. The fraction of sp³-hybridized carbons (Fsp3) is 0.400. The van der Waals surface area contributed by atoms with Gasteiger partial charge in [-0.25, -0.2) is 0 Å². The maximum absolute atomic E-state index is 4.94. The zero-order chi connectivity index (χ0) is 6.20. The third-order valence-corrected chi connectivity index (χ3v) is 2.69. The van der Waals surface area contributed by atoms with E-state index in [1.807, 2.05) is 12.2 Å². The van der Waals surface area contributed by atoms with Crippen LogP contribution in [0.2, 0.25) is 0 Å². The highest BCUT2D eigenvalue weighted by molar-refractivity contribution is 8.04. The zero-order valence-corrected chi connectivity index (χ0v) is 6.77. The summed E-state index contributed by atoms with van der Waals surface area (Å²) in [7, 11) is 0. The van der Waals surface area contributed by atoms with Gasteiger partial charge in [0.25, 0.3) is 0 Å². The van der Waals surface area contributed by atoms with E-state index in [0.29, 0.717) is 0 Å². The van der Waals surface area contributed by atoms with Crippen molar-refractivity contribution in [3.63, 3.8) is 0 Å². The van der Waals surface area contributed by atoms with Crippen LogP contribution in [0.4, 0.5) is 0 Å². The molecular weight excluding hydrogens is 156 g/mol. The summed E-state index contributed by atoms with van der Waals surface area (Å²) in [6.45, 7) is 0. The van der Waals surface area contributed by atoms with Crippen LogP contribution in [0.5, 0.6) is 0 Å². The molecule has 0 saturated carbocycles. The highest BCUT2D eigenvalue weighted by Crippen LogP contribution is 2.30. The van der Waals surface area contributed by atoms with Crippen molar-refractivity contribution in [1.29, 1.82) is 0 Å². The summed E-state index contributed by atoms with van der Waals surface area (Å²) in [5.74, 6) is 0. The minimum atomic E-state index is -0.407. The Morgan fingerprint density at radius 1 is 1.62 bits per heavy atom. The van der Waals surface area contributed by atoms with Crippen LogP contribution in [0.15, 0.2) is 12.2 Å². The van der Waals surface area contributed by atoms with Crippen molar-refractivity contribution >= 4 is 42.3 Å². The number of thiol groups is 2. The van der Waals surface area contributed by atoms with Crippen LogP contribution >= 0.6 is 37.5 Å². The molecule has 0 bridgehead atoms. The molecule has 1 rings (SSSR count). The second-order valence-electron chi connectivity index (χ2n) is 1.76. The molecule has 0 aromatic heterocycles. The van der Waals surface area contributed by atoms with Crippen molar-refractivity contribution in [2.45, 2.75) is 10.5 Å². The maximum Gasteiger partial charge on any atom is 0.105 e. The van der Waals surface area contributed by atoms with E-state index >= 15 is 0 Å². The van der Waals surface area contributed by atoms with Gasteiger partial charge in [0.1, 0.15) is 4.08 Å². The Labute approximate surface area is 65.2 Å². The Bertz CT molecular complexity index is 146. The summed E-state index contributed by atoms with van der Waals surface area (Å²) < 4.78 is -0.407. The van der Waals surface area contributed by atoms with Crippen LogP contribution in [0, 0.1) is 0 Å². The SMILES string of the molecule is S=C1CC=CC1(S)S. The predicted octanol–water partition coefficient (Wildman–Crippen LogP) is 1.87. The highest BCUT2D eigenvalue weighted by atomic mass is 32.2. The van der Waals surface area contributed by atoms with Crippen LogP contribution in [0.3, 0.4) is 0 Å². The Morgan fingerprint density at radius 2 is 2.25 bits per heavy atom. The summed E-state index contributed by atoms with van der Waals surface area (Å²) in [4.78, 5) is 0.893. The molecule has 0 heterocycles. The highest BCUT2D eigenvalue weighted by Gasteiger charge is 2.25. The van der Waals surface area contributed by atoms with E-state index in [1.165, 1.54) is 0 Å². The molecule has 0 radical (unpaired) electrons. The van der Waals surface area contributed by atoms with Crippen molar-refractivity contribution in [2.75, 3.05) is 0 Å². The number of hydrogen-bond donors (Lipinski definition) is 2. The van der Waals surface area contributed by atoms with E-state index in [0.717, 1.165) is 11.3 Å². The lowest BCUT2D eigenvalue weighted by atomic mass is 10.3. The van der Waals surface area contributed by atoms with Gasteiger partial charge in [-0.05, 0) is 6.42 Å². The molecule has 3 heteroatoms. The lowest BCUT2D eigenvalue weighted by Gasteiger charge is -2.11. The van der Waals surface area contributed by atoms with Crippen LogP contribution in [0.25, 0.3) is 0 Å². The summed E-state index contributed by atoms with van der Waals surface area (Å²) in [5, 5.41) is 0. The molecule has 0 aromatic rings. The molecule has 0 unspecified atom stereocenters. The summed E-state index contributed by atoms with van der Waals surface area (Å²) >= 11 is 13.3. The van der Waals surface area contributed by atoms with Crippen LogP contribution in [-0.4, -0.2) is 8.94 Å². The normalized spacial score (nSPS) is 24.5. The summed E-state index contributed by atoms with van der Waals surface area (Å²) in [5.41, 5.74) is 0. The van der Waals surface area contributed by atoms with Crippen LogP contribution in [-0.2, 0) is 0 Å². The maximum atomic E-state index is 4.94. The Morgan fingerprint density at radius 3 is 2.38 bits per heavy atom. The average Bonchev–Trinajstić information content (AvgIpc) is 1.86. The topological polar surface area (TPSA) is 0 Å². The van der Waals surface area contributed by atoms with Gasteiger partial charge in [-0.2, -0.15) is 25.3 Å².